The maximum atomic E-state index is 12.8. The number of hydrogen-bond acceptors (Lipinski definition) is 3. The molecule has 0 aliphatic carbocycles. The van der Waals surface area contributed by atoms with Crippen molar-refractivity contribution in [1.82, 2.24) is 10.3 Å². The first-order valence-electron chi connectivity index (χ1n) is 10.8. The molecule has 32 heavy (non-hydrogen) atoms. The van der Waals surface area contributed by atoms with Gasteiger partial charge in [0.2, 0.25) is 0 Å². The Morgan fingerprint density at radius 1 is 1.03 bits per heavy atom. The fourth-order valence-corrected chi connectivity index (χ4v) is 3.97. The van der Waals surface area contributed by atoms with E-state index < -0.39 is 0 Å². The van der Waals surface area contributed by atoms with Crippen LogP contribution in [0.25, 0.3) is 10.9 Å². The summed E-state index contributed by atoms with van der Waals surface area (Å²) in [5.74, 6) is 1.23. The van der Waals surface area contributed by atoms with E-state index in [4.69, 9.17) is 9.47 Å². The molecule has 1 aromatic heterocycles. The second-order valence-electron chi connectivity index (χ2n) is 7.76. The molecule has 1 heterocycles. The fraction of sp³-hybridized carbons (Fsp3) is 0.222. The average molecular weight is 429 g/mol. The van der Waals surface area contributed by atoms with Crippen molar-refractivity contribution in [3.63, 3.8) is 0 Å². The maximum Gasteiger partial charge on any atom is 0.251 e. The molecule has 5 heteroatoms. The predicted octanol–water partition coefficient (Wildman–Crippen LogP) is 5.45. The van der Waals surface area contributed by atoms with Crippen LogP contribution in [0.15, 0.2) is 72.9 Å². The van der Waals surface area contributed by atoms with E-state index in [-0.39, 0.29) is 11.8 Å². The van der Waals surface area contributed by atoms with Crippen LogP contribution in [0.3, 0.4) is 0 Å². The third-order valence-corrected chi connectivity index (χ3v) is 5.67. The molecule has 164 valence electrons. The van der Waals surface area contributed by atoms with E-state index in [0.717, 1.165) is 27.6 Å². The lowest BCUT2D eigenvalue weighted by Crippen LogP contribution is -2.28. The average Bonchev–Trinajstić information content (AvgIpc) is 3.24. The molecule has 1 atom stereocenters. The van der Waals surface area contributed by atoms with Crippen LogP contribution < -0.4 is 14.8 Å². The van der Waals surface area contributed by atoms with Gasteiger partial charge in [-0.05, 0) is 55.3 Å². The van der Waals surface area contributed by atoms with Crippen LogP contribution in [0.5, 0.6) is 11.5 Å². The third-order valence-electron chi connectivity index (χ3n) is 5.67. The van der Waals surface area contributed by atoms with Crippen LogP contribution in [-0.4, -0.2) is 31.2 Å². The molecule has 0 aliphatic heterocycles. The van der Waals surface area contributed by atoms with Gasteiger partial charge < -0.3 is 19.8 Å². The number of carbonyl (C=O) groups is 1. The topological polar surface area (TPSA) is 63.3 Å². The van der Waals surface area contributed by atoms with Crippen LogP contribution in [0, 0.1) is 6.92 Å². The Morgan fingerprint density at radius 2 is 1.81 bits per heavy atom. The smallest absolute Gasteiger partial charge is 0.251 e. The molecule has 0 radical (unpaired) electrons. The molecular formula is C27H28N2O3. The van der Waals surface area contributed by atoms with Gasteiger partial charge in [-0.2, -0.15) is 0 Å². The number of ether oxygens (including phenoxy) is 2. The first-order valence-corrected chi connectivity index (χ1v) is 10.8. The summed E-state index contributed by atoms with van der Waals surface area (Å²) < 4.78 is 11.3. The van der Waals surface area contributed by atoms with Gasteiger partial charge in [0.15, 0.2) is 11.5 Å². The number of benzene rings is 3. The molecular weight excluding hydrogens is 400 g/mol. The van der Waals surface area contributed by atoms with Crippen molar-refractivity contribution >= 4 is 16.8 Å². The lowest BCUT2D eigenvalue weighted by Gasteiger charge is -2.20. The van der Waals surface area contributed by atoms with E-state index in [2.05, 4.69) is 22.4 Å². The minimum absolute atomic E-state index is 0.0647. The number of methoxy groups -OCH3 is 1. The lowest BCUT2D eigenvalue weighted by molar-refractivity contribution is 0.0952. The van der Waals surface area contributed by atoms with E-state index in [1.165, 1.54) is 0 Å². The van der Waals surface area contributed by atoms with Gasteiger partial charge in [-0.25, -0.2) is 0 Å². The van der Waals surface area contributed by atoms with E-state index in [1.807, 2.05) is 74.6 Å². The number of amides is 1. The Morgan fingerprint density at radius 3 is 2.56 bits per heavy atom. The van der Waals surface area contributed by atoms with Gasteiger partial charge in [-0.3, -0.25) is 4.79 Å². The lowest BCUT2D eigenvalue weighted by atomic mass is 9.90. The van der Waals surface area contributed by atoms with E-state index in [0.29, 0.717) is 30.2 Å². The summed E-state index contributed by atoms with van der Waals surface area (Å²) in [6.07, 6.45) is 2.02. The number of hydrogen-bond donors (Lipinski definition) is 2. The third kappa shape index (κ3) is 4.47. The van der Waals surface area contributed by atoms with Crippen LogP contribution in [0.4, 0.5) is 0 Å². The predicted molar refractivity (Wildman–Crippen MR) is 128 cm³/mol. The largest absolute Gasteiger partial charge is 0.493 e. The number of rotatable bonds is 8. The zero-order valence-corrected chi connectivity index (χ0v) is 18.6. The van der Waals surface area contributed by atoms with Crippen LogP contribution in [-0.2, 0) is 0 Å². The number of fused-ring (bicyclic) bond motifs is 1. The quantitative estimate of drug-likeness (QED) is 0.392. The van der Waals surface area contributed by atoms with Gasteiger partial charge in [-0.1, -0.05) is 42.0 Å². The standard InChI is InChI=1S/C27H28N2O3/c1-4-32-25-14-13-20(15-26(25)31-3)22(23-17-28-24-8-6-5-7-21(23)24)16-29-27(30)19-11-9-18(2)10-12-19/h5-15,17,22,28H,4,16H2,1-3H3,(H,29,30)/t22-/m0/s1. The highest BCUT2D eigenvalue weighted by molar-refractivity contribution is 5.94. The van der Waals surface area contributed by atoms with Crippen molar-refractivity contribution in [2.24, 2.45) is 0 Å². The fourth-order valence-electron chi connectivity index (χ4n) is 3.97. The summed E-state index contributed by atoms with van der Waals surface area (Å²) in [6.45, 7) is 4.97. The number of H-pyrrole nitrogens is 1. The molecule has 4 aromatic rings. The Hall–Kier alpha value is -3.73. The number of para-hydroxylation sites is 1. The monoisotopic (exact) mass is 428 g/mol. The van der Waals surface area contributed by atoms with Crippen molar-refractivity contribution in [2.75, 3.05) is 20.3 Å². The summed E-state index contributed by atoms with van der Waals surface area (Å²) in [7, 11) is 1.64. The normalized spacial score (nSPS) is 11.8. The summed E-state index contributed by atoms with van der Waals surface area (Å²) in [6, 6.07) is 21.8. The number of aromatic nitrogens is 1. The second kappa shape index (κ2) is 9.60. The first kappa shape index (κ1) is 21.5. The van der Waals surface area contributed by atoms with Crippen LogP contribution in [0.1, 0.15) is 39.9 Å². The molecule has 1 amide bonds. The minimum Gasteiger partial charge on any atom is -0.493 e. The highest BCUT2D eigenvalue weighted by Gasteiger charge is 2.21. The van der Waals surface area contributed by atoms with E-state index in [9.17, 15) is 4.79 Å². The first-order chi connectivity index (χ1) is 15.6. The number of nitrogens with one attached hydrogen (secondary N) is 2. The maximum absolute atomic E-state index is 12.8. The zero-order valence-electron chi connectivity index (χ0n) is 18.6. The van der Waals surface area contributed by atoms with Crippen LogP contribution in [0.2, 0.25) is 0 Å². The summed E-state index contributed by atoms with van der Waals surface area (Å²) in [4.78, 5) is 16.2. The van der Waals surface area contributed by atoms with Crippen molar-refractivity contribution in [1.29, 1.82) is 0 Å². The number of aromatic amines is 1. The van der Waals surface area contributed by atoms with E-state index >= 15 is 0 Å². The van der Waals surface area contributed by atoms with Gasteiger partial charge in [0.05, 0.1) is 13.7 Å². The van der Waals surface area contributed by atoms with Gasteiger partial charge >= 0.3 is 0 Å². The molecule has 0 saturated carbocycles. The molecule has 0 saturated heterocycles. The van der Waals surface area contributed by atoms with Crippen LogP contribution >= 0.6 is 0 Å². The molecule has 0 aliphatic rings. The number of carbonyl (C=O) groups excluding carboxylic acids is 1. The summed E-state index contributed by atoms with van der Waals surface area (Å²) in [5.41, 5.74) is 5.00. The van der Waals surface area contributed by atoms with Crippen molar-refractivity contribution < 1.29 is 14.3 Å². The minimum atomic E-state index is -0.0901. The molecule has 3 aromatic carbocycles. The Labute approximate surface area is 188 Å². The zero-order chi connectivity index (χ0) is 22.5. The summed E-state index contributed by atoms with van der Waals surface area (Å²) in [5, 5.41) is 4.26. The van der Waals surface area contributed by atoms with Crippen molar-refractivity contribution in [3.8, 4) is 11.5 Å². The summed E-state index contributed by atoms with van der Waals surface area (Å²) >= 11 is 0. The molecule has 0 bridgehead atoms. The molecule has 0 spiro atoms. The Balaban J connectivity index is 1.69. The molecule has 0 fully saturated rings. The molecule has 5 nitrogen and oxygen atoms in total. The Bertz CT molecular complexity index is 1210. The molecule has 0 unspecified atom stereocenters. The second-order valence-corrected chi connectivity index (χ2v) is 7.76. The van der Waals surface area contributed by atoms with Crippen molar-refractivity contribution in [3.05, 3.63) is 95.2 Å². The SMILES string of the molecule is CCOc1ccc([C@H](CNC(=O)c2ccc(C)cc2)c2c[nH]c3ccccc23)cc1OC. The van der Waals surface area contributed by atoms with Gasteiger partial charge in [0.25, 0.3) is 5.91 Å². The Kier molecular flexibility index (Phi) is 6.45. The van der Waals surface area contributed by atoms with Gasteiger partial charge in [-0.15, -0.1) is 0 Å². The highest BCUT2D eigenvalue weighted by atomic mass is 16.5. The molecule has 4 rings (SSSR count). The highest BCUT2D eigenvalue weighted by Crippen LogP contribution is 2.35. The van der Waals surface area contributed by atoms with Gasteiger partial charge in [0.1, 0.15) is 0 Å². The van der Waals surface area contributed by atoms with Gasteiger partial charge in [0, 0.05) is 35.1 Å². The molecule has 2 N–H and O–H groups in total. The number of aryl methyl sites for hydroxylation is 1. The van der Waals surface area contributed by atoms with Crippen molar-refractivity contribution in [2.45, 2.75) is 19.8 Å². The van der Waals surface area contributed by atoms with E-state index in [1.54, 1.807) is 7.11 Å².